The third-order valence-electron chi connectivity index (χ3n) is 4.64. The molecule has 0 amide bonds. The molecule has 0 spiro atoms. The second-order valence-electron chi connectivity index (χ2n) is 6.43. The fourth-order valence-electron chi connectivity index (χ4n) is 3.27. The molecule has 5 heteroatoms. The van der Waals surface area contributed by atoms with Gasteiger partial charge in [0.1, 0.15) is 5.58 Å². The number of hydrogen-bond donors (Lipinski definition) is 2. The lowest BCUT2D eigenvalue weighted by Crippen LogP contribution is -2.43. The van der Waals surface area contributed by atoms with E-state index in [4.69, 9.17) is 16.6 Å². The maximum Gasteiger partial charge on any atom is 0.336 e. The molecule has 1 aromatic heterocycles. The van der Waals surface area contributed by atoms with Crippen molar-refractivity contribution in [3.63, 3.8) is 0 Å². The van der Waals surface area contributed by atoms with E-state index in [9.17, 15) is 4.79 Å². The average Bonchev–Trinajstić information content (AvgIpc) is 2.49. The highest BCUT2D eigenvalue weighted by Crippen LogP contribution is 2.24. The zero-order valence-electron chi connectivity index (χ0n) is 13.5. The number of rotatable bonds is 2. The molecule has 122 valence electrons. The molecule has 2 N–H and O–H groups in total. The molecule has 1 fully saturated rings. The largest absolute Gasteiger partial charge is 0.423 e. The van der Waals surface area contributed by atoms with Crippen LogP contribution in [0.25, 0.3) is 11.0 Å². The topological polar surface area (TPSA) is 54.3 Å². The summed E-state index contributed by atoms with van der Waals surface area (Å²) >= 11 is 5.43. The van der Waals surface area contributed by atoms with Crippen molar-refractivity contribution in [3.05, 3.63) is 40.2 Å². The van der Waals surface area contributed by atoms with Crippen molar-refractivity contribution in [3.8, 4) is 0 Å². The van der Waals surface area contributed by atoms with E-state index in [1.165, 1.54) is 25.3 Å². The third-order valence-corrected chi connectivity index (χ3v) is 4.86. The Balaban J connectivity index is 1.73. The first-order chi connectivity index (χ1) is 11.0. The summed E-state index contributed by atoms with van der Waals surface area (Å²) in [5.41, 5.74) is 1.99. The number of benzene rings is 1. The summed E-state index contributed by atoms with van der Waals surface area (Å²) in [5.74, 6) is 0.640. The van der Waals surface area contributed by atoms with Gasteiger partial charge in [-0.1, -0.05) is 19.8 Å². The van der Waals surface area contributed by atoms with Crippen LogP contribution in [0.2, 0.25) is 0 Å². The van der Waals surface area contributed by atoms with Gasteiger partial charge in [0.2, 0.25) is 0 Å². The molecule has 0 aliphatic heterocycles. The van der Waals surface area contributed by atoms with E-state index in [1.54, 1.807) is 0 Å². The number of hydrogen-bond acceptors (Lipinski definition) is 3. The summed E-state index contributed by atoms with van der Waals surface area (Å²) in [4.78, 5) is 11.5. The van der Waals surface area contributed by atoms with Crippen LogP contribution in [0.1, 0.15) is 38.2 Å². The van der Waals surface area contributed by atoms with E-state index in [2.05, 4.69) is 17.6 Å². The lowest BCUT2D eigenvalue weighted by atomic mass is 9.86. The monoisotopic (exact) mass is 330 g/mol. The summed E-state index contributed by atoms with van der Waals surface area (Å²) in [6.45, 7) is 4.18. The highest BCUT2D eigenvalue weighted by Gasteiger charge is 2.21. The quantitative estimate of drug-likeness (QED) is 0.645. The van der Waals surface area contributed by atoms with Gasteiger partial charge in [-0.3, -0.25) is 0 Å². The molecule has 1 heterocycles. The Bertz CT molecular complexity index is 784. The van der Waals surface area contributed by atoms with Gasteiger partial charge in [0.25, 0.3) is 0 Å². The van der Waals surface area contributed by atoms with Crippen molar-refractivity contribution in [1.29, 1.82) is 0 Å². The van der Waals surface area contributed by atoms with Gasteiger partial charge in [0.15, 0.2) is 5.11 Å². The second-order valence-corrected chi connectivity index (χ2v) is 6.83. The van der Waals surface area contributed by atoms with Gasteiger partial charge in [-0.2, -0.15) is 0 Å². The molecule has 23 heavy (non-hydrogen) atoms. The molecular formula is C18H22N2O2S. The summed E-state index contributed by atoms with van der Waals surface area (Å²) in [5, 5.41) is 8.18. The Morgan fingerprint density at radius 3 is 2.83 bits per heavy atom. The van der Waals surface area contributed by atoms with Gasteiger partial charge in [-0.25, -0.2) is 4.79 Å². The Kier molecular flexibility index (Phi) is 4.66. The van der Waals surface area contributed by atoms with Crippen LogP contribution in [0.15, 0.2) is 33.5 Å². The number of anilines is 1. The molecule has 0 saturated heterocycles. The van der Waals surface area contributed by atoms with E-state index in [0.717, 1.165) is 23.1 Å². The first-order valence-electron chi connectivity index (χ1n) is 8.15. The van der Waals surface area contributed by atoms with Crippen molar-refractivity contribution >= 4 is 34.0 Å². The van der Waals surface area contributed by atoms with Crippen molar-refractivity contribution in [2.75, 3.05) is 5.32 Å². The average molecular weight is 330 g/mol. The number of aryl methyl sites for hydroxylation is 1. The Morgan fingerprint density at radius 1 is 1.26 bits per heavy atom. The fraction of sp³-hybridized carbons (Fsp3) is 0.444. The highest BCUT2D eigenvalue weighted by atomic mass is 32.1. The SMILES string of the molecule is Cc1cc(=O)oc2cc(NC(=S)N[C@@H]3CCCC[C@H]3C)ccc12. The Morgan fingerprint density at radius 2 is 2.04 bits per heavy atom. The van der Waals surface area contributed by atoms with E-state index in [1.807, 2.05) is 25.1 Å². The van der Waals surface area contributed by atoms with Gasteiger partial charge in [0, 0.05) is 29.2 Å². The minimum absolute atomic E-state index is 0.330. The third kappa shape index (κ3) is 3.72. The standard InChI is InChI=1S/C18H22N2O2S/c1-11-5-3-4-6-15(11)20-18(23)19-13-7-8-14-12(2)9-17(21)22-16(14)10-13/h7-11,15H,3-6H2,1-2H3,(H2,19,20,23)/t11-,15-/m1/s1. The van der Waals surface area contributed by atoms with E-state index < -0.39 is 0 Å². The van der Waals surface area contributed by atoms with Crippen molar-refractivity contribution in [1.82, 2.24) is 5.32 Å². The maximum atomic E-state index is 11.5. The minimum atomic E-state index is -0.330. The highest BCUT2D eigenvalue weighted by molar-refractivity contribution is 7.80. The summed E-state index contributed by atoms with van der Waals surface area (Å²) in [7, 11) is 0. The number of fused-ring (bicyclic) bond motifs is 1. The number of thiocarbonyl (C=S) groups is 1. The van der Waals surface area contributed by atoms with Crippen molar-refractivity contribution < 1.29 is 4.42 Å². The molecule has 0 radical (unpaired) electrons. The van der Waals surface area contributed by atoms with Gasteiger partial charge in [-0.05, 0) is 55.6 Å². The van der Waals surface area contributed by atoms with Gasteiger partial charge >= 0.3 is 5.63 Å². The van der Waals surface area contributed by atoms with Crippen LogP contribution in [-0.2, 0) is 0 Å². The van der Waals surface area contributed by atoms with Crippen LogP contribution in [0.4, 0.5) is 5.69 Å². The second kappa shape index (κ2) is 6.71. The van der Waals surface area contributed by atoms with E-state index in [-0.39, 0.29) is 5.63 Å². The Labute approximate surface area is 141 Å². The summed E-state index contributed by atoms with van der Waals surface area (Å²) in [6, 6.07) is 7.66. The summed E-state index contributed by atoms with van der Waals surface area (Å²) < 4.78 is 5.27. The molecule has 4 nitrogen and oxygen atoms in total. The van der Waals surface area contributed by atoms with Crippen LogP contribution < -0.4 is 16.3 Å². The van der Waals surface area contributed by atoms with Crippen LogP contribution in [0, 0.1) is 12.8 Å². The van der Waals surface area contributed by atoms with Crippen molar-refractivity contribution in [2.45, 2.75) is 45.6 Å². The molecule has 1 aliphatic carbocycles. The Hall–Kier alpha value is -1.88. The lowest BCUT2D eigenvalue weighted by molar-refractivity contribution is 0.309. The van der Waals surface area contributed by atoms with E-state index in [0.29, 0.717) is 22.7 Å². The molecular weight excluding hydrogens is 308 g/mol. The zero-order valence-corrected chi connectivity index (χ0v) is 14.3. The van der Waals surface area contributed by atoms with E-state index >= 15 is 0 Å². The van der Waals surface area contributed by atoms with Gasteiger partial charge in [-0.15, -0.1) is 0 Å². The molecule has 1 aromatic carbocycles. The fourth-order valence-corrected chi connectivity index (χ4v) is 3.54. The van der Waals surface area contributed by atoms with Gasteiger partial charge in [0.05, 0.1) is 0 Å². The van der Waals surface area contributed by atoms with Crippen LogP contribution in [0.3, 0.4) is 0 Å². The summed E-state index contributed by atoms with van der Waals surface area (Å²) in [6.07, 6.45) is 4.98. The first-order valence-corrected chi connectivity index (χ1v) is 8.56. The van der Waals surface area contributed by atoms with Gasteiger partial charge < -0.3 is 15.1 Å². The predicted molar refractivity (Wildman–Crippen MR) is 98.0 cm³/mol. The predicted octanol–water partition coefficient (Wildman–Crippen LogP) is 3.97. The lowest BCUT2D eigenvalue weighted by Gasteiger charge is -2.30. The molecule has 3 rings (SSSR count). The van der Waals surface area contributed by atoms with Crippen LogP contribution >= 0.6 is 12.2 Å². The smallest absolute Gasteiger partial charge is 0.336 e. The minimum Gasteiger partial charge on any atom is -0.423 e. The molecule has 0 bridgehead atoms. The zero-order chi connectivity index (χ0) is 16.4. The van der Waals surface area contributed by atoms with Crippen LogP contribution in [-0.4, -0.2) is 11.2 Å². The normalized spacial score (nSPS) is 21.1. The molecule has 0 unspecified atom stereocenters. The molecule has 2 aromatic rings. The molecule has 2 atom stereocenters. The number of nitrogens with one attached hydrogen (secondary N) is 2. The van der Waals surface area contributed by atoms with Crippen molar-refractivity contribution in [2.24, 2.45) is 5.92 Å². The van der Waals surface area contributed by atoms with Crippen LogP contribution in [0.5, 0.6) is 0 Å². The maximum absolute atomic E-state index is 11.5. The molecule has 1 aliphatic rings. The first kappa shape index (κ1) is 16.0. The molecule has 1 saturated carbocycles.